The molecule has 4 aromatic rings. The van der Waals surface area contributed by atoms with Gasteiger partial charge >= 0.3 is 0 Å². The molecular formula is C28H26N4O3. The van der Waals surface area contributed by atoms with E-state index in [1.165, 1.54) is 0 Å². The van der Waals surface area contributed by atoms with Crippen molar-refractivity contribution in [2.45, 2.75) is 19.4 Å². The summed E-state index contributed by atoms with van der Waals surface area (Å²) in [5, 5.41) is 7.73. The van der Waals surface area contributed by atoms with E-state index in [1.54, 1.807) is 22.9 Å². The molecule has 1 aromatic heterocycles. The van der Waals surface area contributed by atoms with E-state index in [0.717, 1.165) is 29.8 Å². The van der Waals surface area contributed by atoms with E-state index in [0.29, 0.717) is 35.7 Å². The minimum atomic E-state index is -0.268. The molecule has 0 radical (unpaired) electrons. The van der Waals surface area contributed by atoms with Gasteiger partial charge in [-0.1, -0.05) is 42.5 Å². The van der Waals surface area contributed by atoms with Gasteiger partial charge in [0.15, 0.2) is 0 Å². The van der Waals surface area contributed by atoms with Gasteiger partial charge in [-0.3, -0.25) is 14.3 Å². The average molecular weight is 467 g/mol. The Hall–Kier alpha value is -4.39. The normalized spacial score (nSPS) is 13.2. The van der Waals surface area contributed by atoms with Gasteiger partial charge in [-0.25, -0.2) is 0 Å². The second kappa shape index (κ2) is 9.85. The van der Waals surface area contributed by atoms with E-state index in [9.17, 15) is 9.59 Å². The molecule has 7 heteroatoms. The van der Waals surface area contributed by atoms with Crippen LogP contribution in [0.1, 0.15) is 28.8 Å². The molecule has 5 rings (SSSR count). The summed E-state index contributed by atoms with van der Waals surface area (Å²) >= 11 is 0. The van der Waals surface area contributed by atoms with Crippen molar-refractivity contribution in [1.82, 2.24) is 9.78 Å². The summed E-state index contributed by atoms with van der Waals surface area (Å²) in [5.41, 5.74) is 4.32. The van der Waals surface area contributed by atoms with Crippen molar-refractivity contribution in [2.75, 3.05) is 23.9 Å². The van der Waals surface area contributed by atoms with Crippen LogP contribution in [0.2, 0.25) is 0 Å². The number of carbonyl (C=O) groups excluding carboxylic acids is 2. The average Bonchev–Trinajstić information content (AvgIpc) is 3.51. The Kier molecular flexibility index (Phi) is 6.30. The fraction of sp³-hybridized carbons (Fsp3) is 0.179. The highest BCUT2D eigenvalue weighted by molar-refractivity contribution is 6.08. The van der Waals surface area contributed by atoms with Gasteiger partial charge < -0.3 is 15.0 Å². The second-order valence-corrected chi connectivity index (χ2v) is 8.42. The SMILES string of the molecule is COc1ccccc1-c1nn(Cc2ccccc2)cc1C(=O)Nc1ccc(N2CCCC2=O)cc1. The van der Waals surface area contributed by atoms with Crippen molar-refractivity contribution in [2.24, 2.45) is 0 Å². The Bertz CT molecular complexity index is 1350. The van der Waals surface area contributed by atoms with Crippen LogP contribution in [0.15, 0.2) is 85.1 Å². The number of para-hydroxylation sites is 1. The van der Waals surface area contributed by atoms with Crippen LogP contribution in [-0.2, 0) is 11.3 Å². The van der Waals surface area contributed by atoms with Crippen LogP contribution in [0.4, 0.5) is 11.4 Å². The number of anilines is 2. The summed E-state index contributed by atoms with van der Waals surface area (Å²) in [6.45, 7) is 1.27. The molecule has 35 heavy (non-hydrogen) atoms. The Morgan fingerprint density at radius 2 is 1.74 bits per heavy atom. The molecule has 1 aliphatic rings. The summed E-state index contributed by atoms with van der Waals surface area (Å²) < 4.78 is 7.31. The number of nitrogens with zero attached hydrogens (tertiary/aromatic N) is 3. The lowest BCUT2D eigenvalue weighted by atomic mass is 10.1. The molecule has 7 nitrogen and oxygen atoms in total. The second-order valence-electron chi connectivity index (χ2n) is 8.42. The number of benzene rings is 3. The zero-order chi connectivity index (χ0) is 24.2. The van der Waals surface area contributed by atoms with Gasteiger partial charge in [-0.05, 0) is 48.4 Å². The highest BCUT2D eigenvalue weighted by atomic mass is 16.5. The molecule has 2 heterocycles. The predicted molar refractivity (Wildman–Crippen MR) is 136 cm³/mol. The summed E-state index contributed by atoms with van der Waals surface area (Å²) in [5.74, 6) is 0.510. The Morgan fingerprint density at radius 3 is 2.46 bits per heavy atom. The number of aromatic nitrogens is 2. The lowest BCUT2D eigenvalue weighted by Gasteiger charge is -2.16. The highest BCUT2D eigenvalue weighted by Crippen LogP contribution is 2.32. The van der Waals surface area contributed by atoms with Gasteiger partial charge in [0.1, 0.15) is 11.4 Å². The van der Waals surface area contributed by atoms with E-state index < -0.39 is 0 Å². The topological polar surface area (TPSA) is 76.5 Å². The van der Waals surface area contributed by atoms with E-state index in [-0.39, 0.29) is 11.8 Å². The molecule has 0 atom stereocenters. The molecule has 0 bridgehead atoms. The first-order valence-electron chi connectivity index (χ1n) is 11.6. The zero-order valence-electron chi connectivity index (χ0n) is 19.5. The quantitative estimate of drug-likeness (QED) is 0.417. The highest BCUT2D eigenvalue weighted by Gasteiger charge is 2.23. The van der Waals surface area contributed by atoms with Crippen LogP contribution < -0.4 is 15.0 Å². The zero-order valence-corrected chi connectivity index (χ0v) is 19.5. The monoisotopic (exact) mass is 466 g/mol. The Labute approximate surface area is 204 Å². The minimum absolute atomic E-state index is 0.133. The van der Waals surface area contributed by atoms with Gasteiger partial charge in [0.2, 0.25) is 5.91 Å². The van der Waals surface area contributed by atoms with Crippen molar-refractivity contribution < 1.29 is 14.3 Å². The number of ether oxygens (including phenoxy) is 1. The fourth-order valence-electron chi connectivity index (χ4n) is 4.32. The van der Waals surface area contributed by atoms with Gasteiger partial charge in [-0.15, -0.1) is 0 Å². The largest absolute Gasteiger partial charge is 0.496 e. The van der Waals surface area contributed by atoms with Gasteiger partial charge in [-0.2, -0.15) is 5.10 Å². The third-order valence-corrected chi connectivity index (χ3v) is 6.07. The van der Waals surface area contributed by atoms with Gasteiger partial charge in [0.25, 0.3) is 5.91 Å². The van der Waals surface area contributed by atoms with Crippen LogP contribution >= 0.6 is 0 Å². The number of hydrogen-bond acceptors (Lipinski definition) is 4. The molecular weight excluding hydrogens is 440 g/mol. The first-order chi connectivity index (χ1) is 17.1. The Morgan fingerprint density at radius 1 is 1.00 bits per heavy atom. The Balaban J connectivity index is 1.44. The van der Waals surface area contributed by atoms with Crippen LogP contribution in [-0.4, -0.2) is 35.2 Å². The summed E-state index contributed by atoms with van der Waals surface area (Å²) in [7, 11) is 1.60. The molecule has 2 amide bonds. The summed E-state index contributed by atoms with van der Waals surface area (Å²) in [4.78, 5) is 27.2. The summed E-state index contributed by atoms with van der Waals surface area (Å²) in [6, 6.07) is 24.9. The third kappa shape index (κ3) is 4.80. The van der Waals surface area contributed by atoms with Crippen LogP contribution in [0.25, 0.3) is 11.3 Å². The maximum absolute atomic E-state index is 13.4. The third-order valence-electron chi connectivity index (χ3n) is 6.07. The van der Waals surface area contributed by atoms with Crippen molar-refractivity contribution in [3.05, 3.63) is 96.2 Å². The van der Waals surface area contributed by atoms with E-state index >= 15 is 0 Å². The van der Waals surface area contributed by atoms with E-state index in [1.807, 2.05) is 78.9 Å². The molecule has 3 aromatic carbocycles. The van der Waals surface area contributed by atoms with Crippen LogP contribution in [0.5, 0.6) is 5.75 Å². The standard InChI is InChI=1S/C28H26N4O3/c1-35-25-11-6-5-10-23(25)27-24(19-31(30-27)18-20-8-3-2-4-9-20)28(34)29-21-13-15-22(16-14-21)32-17-7-12-26(32)33/h2-6,8-11,13-16,19H,7,12,17-18H2,1H3,(H,29,34). The van der Waals surface area contributed by atoms with Crippen LogP contribution in [0.3, 0.4) is 0 Å². The van der Waals surface area contributed by atoms with Crippen molar-refractivity contribution in [3.8, 4) is 17.0 Å². The first-order valence-corrected chi connectivity index (χ1v) is 11.6. The van der Waals surface area contributed by atoms with Gasteiger partial charge in [0, 0.05) is 36.1 Å². The molecule has 1 fully saturated rings. The van der Waals surface area contributed by atoms with Crippen molar-refractivity contribution in [3.63, 3.8) is 0 Å². The maximum atomic E-state index is 13.4. The maximum Gasteiger partial charge on any atom is 0.259 e. The predicted octanol–water partition coefficient (Wildman–Crippen LogP) is 4.99. The van der Waals surface area contributed by atoms with E-state index in [4.69, 9.17) is 9.84 Å². The lowest BCUT2D eigenvalue weighted by molar-refractivity contribution is -0.117. The number of hydrogen-bond donors (Lipinski definition) is 1. The molecule has 0 aliphatic carbocycles. The fourth-order valence-corrected chi connectivity index (χ4v) is 4.32. The summed E-state index contributed by atoms with van der Waals surface area (Å²) in [6.07, 6.45) is 3.22. The molecule has 0 saturated carbocycles. The molecule has 1 aliphatic heterocycles. The smallest absolute Gasteiger partial charge is 0.259 e. The van der Waals surface area contributed by atoms with Crippen LogP contribution in [0, 0.1) is 0 Å². The number of methoxy groups -OCH3 is 1. The minimum Gasteiger partial charge on any atom is -0.496 e. The lowest BCUT2D eigenvalue weighted by Crippen LogP contribution is -2.23. The number of rotatable bonds is 7. The van der Waals surface area contributed by atoms with Crippen molar-refractivity contribution in [1.29, 1.82) is 0 Å². The molecule has 1 N–H and O–H groups in total. The first kappa shape index (κ1) is 22.4. The van der Waals surface area contributed by atoms with E-state index in [2.05, 4.69) is 5.32 Å². The van der Waals surface area contributed by atoms with Crippen molar-refractivity contribution >= 4 is 23.2 Å². The molecule has 176 valence electrons. The number of amides is 2. The molecule has 1 saturated heterocycles. The van der Waals surface area contributed by atoms with Gasteiger partial charge in [0.05, 0.1) is 19.2 Å². The number of nitrogens with one attached hydrogen (secondary N) is 1. The number of carbonyl (C=O) groups is 2. The molecule has 0 unspecified atom stereocenters. The molecule has 0 spiro atoms.